The molecule has 0 radical (unpaired) electrons. The van der Waals surface area contributed by atoms with Crippen molar-refractivity contribution in [2.75, 3.05) is 12.4 Å². The van der Waals surface area contributed by atoms with Gasteiger partial charge in [-0.3, -0.25) is 9.78 Å². The molecule has 3 atom stereocenters. The standard InChI is InChI=1S/C23H17F3N4O4/c1-27-22(31)17-7-11(4-5-28-17)33-10-2-3-18-12(6-10)19-20(21(19)34-18)30-23(32)29-16-9-14(25)13(24)8-15(16)26/h2-9,19-21H,1H3,(H,27,31)(H2,29,30,32). The Labute approximate surface area is 191 Å². The van der Waals surface area contributed by atoms with Crippen molar-refractivity contribution in [3.63, 3.8) is 0 Å². The summed E-state index contributed by atoms with van der Waals surface area (Å²) in [7, 11) is 1.50. The predicted molar refractivity (Wildman–Crippen MR) is 114 cm³/mol. The Morgan fingerprint density at radius 1 is 1.00 bits per heavy atom. The van der Waals surface area contributed by atoms with E-state index in [-0.39, 0.29) is 23.6 Å². The first kappa shape index (κ1) is 21.6. The molecule has 0 bridgehead atoms. The van der Waals surface area contributed by atoms with E-state index in [0.717, 1.165) is 5.56 Å². The van der Waals surface area contributed by atoms with Gasteiger partial charge in [-0.2, -0.15) is 0 Å². The fourth-order valence-corrected chi connectivity index (χ4v) is 3.87. The number of nitrogens with zero attached hydrogens (tertiary/aromatic N) is 1. The third-order valence-corrected chi connectivity index (χ3v) is 5.54. The molecule has 1 aliphatic carbocycles. The molecule has 1 aromatic heterocycles. The molecule has 0 spiro atoms. The van der Waals surface area contributed by atoms with E-state index in [4.69, 9.17) is 9.47 Å². The van der Waals surface area contributed by atoms with Crippen LogP contribution in [-0.2, 0) is 0 Å². The highest BCUT2D eigenvalue weighted by atomic mass is 19.2. The van der Waals surface area contributed by atoms with E-state index in [9.17, 15) is 22.8 Å². The molecule has 5 rings (SSSR count). The summed E-state index contributed by atoms with van der Waals surface area (Å²) in [6.45, 7) is 0. The molecule has 2 aliphatic rings. The number of halogens is 3. The van der Waals surface area contributed by atoms with E-state index in [1.165, 1.54) is 19.3 Å². The van der Waals surface area contributed by atoms with Crippen LogP contribution in [0.25, 0.3) is 0 Å². The monoisotopic (exact) mass is 470 g/mol. The molecule has 3 unspecified atom stereocenters. The van der Waals surface area contributed by atoms with E-state index in [1.54, 1.807) is 24.3 Å². The molecule has 34 heavy (non-hydrogen) atoms. The molecule has 1 saturated carbocycles. The lowest BCUT2D eigenvalue weighted by atomic mass is 10.1. The molecule has 3 aromatic rings. The van der Waals surface area contributed by atoms with Gasteiger partial charge in [0.1, 0.15) is 34.9 Å². The van der Waals surface area contributed by atoms with E-state index >= 15 is 0 Å². The minimum Gasteiger partial charge on any atom is -0.487 e. The van der Waals surface area contributed by atoms with Gasteiger partial charge in [0.25, 0.3) is 5.91 Å². The lowest BCUT2D eigenvalue weighted by Gasteiger charge is -2.13. The zero-order chi connectivity index (χ0) is 24.0. The van der Waals surface area contributed by atoms with Gasteiger partial charge >= 0.3 is 6.03 Å². The minimum atomic E-state index is -1.35. The van der Waals surface area contributed by atoms with E-state index in [0.29, 0.717) is 29.4 Å². The van der Waals surface area contributed by atoms with Crippen LogP contribution in [0.1, 0.15) is 22.0 Å². The number of fused-ring (bicyclic) bond motifs is 3. The summed E-state index contributed by atoms with van der Waals surface area (Å²) < 4.78 is 51.9. The van der Waals surface area contributed by atoms with Crippen molar-refractivity contribution in [1.82, 2.24) is 15.6 Å². The van der Waals surface area contributed by atoms with E-state index in [2.05, 4.69) is 20.9 Å². The van der Waals surface area contributed by atoms with Gasteiger partial charge < -0.3 is 25.4 Å². The number of pyridine rings is 1. The van der Waals surface area contributed by atoms with Crippen molar-refractivity contribution in [2.24, 2.45) is 0 Å². The second-order valence-corrected chi connectivity index (χ2v) is 7.74. The molecule has 174 valence electrons. The first-order valence-electron chi connectivity index (χ1n) is 10.2. The van der Waals surface area contributed by atoms with Crippen LogP contribution in [0.2, 0.25) is 0 Å². The summed E-state index contributed by atoms with van der Waals surface area (Å²) >= 11 is 0. The normalized spacial score (nSPS) is 19.4. The van der Waals surface area contributed by atoms with Crippen LogP contribution in [0, 0.1) is 17.5 Å². The Kier molecular flexibility index (Phi) is 5.23. The van der Waals surface area contributed by atoms with E-state index < -0.39 is 35.2 Å². The first-order valence-corrected chi connectivity index (χ1v) is 10.2. The molecule has 3 N–H and O–H groups in total. The van der Waals surface area contributed by atoms with Gasteiger partial charge in [0, 0.05) is 37.0 Å². The number of carbonyl (C=O) groups excluding carboxylic acids is 2. The summed E-state index contributed by atoms with van der Waals surface area (Å²) in [5.74, 6) is -2.65. The lowest BCUT2D eigenvalue weighted by Crippen LogP contribution is -2.34. The van der Waals surface area contributed by atoms with Crippen LogP contribution >= 0.6 is 0 Å². The van der Waals surface area contributed by atoms with Crippen molar-refractivity contribution in [2.45, 2.75) is 18.1 Å². The van der Waals surface area contributed by atoms with Gasteiger partial charge in [0.15, 0.2) is 11.6 Å². The molecule has 2 heterocycles. The number of rotatable bonds is 5. The topological polar surface area (TPSA) is 102 Å². The fourth-order valence-electron chi connectivity index (χ4n) is 3.87. The summed E-state index contributed by atoms with van der Waals surface area (Å²) in [5.41, 5.74) is 0.541. The van der Waals surface area contributed by atoms with Crippen LogP contribution in [0.4, 0.5) is 23.7 Å². The number of ether oxygens (including phenoxy) is 2. The Morgan fingerprint density at radius 2 is 1.76 bits per heavy atom. The Hall–Kier alpha value is -4.28. The van der Waals surface area contributed by atoms with E-state index in [1.807, 2.05) is 0 Å². The Bertz CT molecular complexity index is 1320. The average molecular weight is 470 g/mol. The van der Waals surface area contributed by atoms with Gasteiger partial charge in [0.2, 0.25) is 0 Å². The van der Waals surface area contributed by atoms with Crippen molar-refractivity contribution in [1.29, 1.82) is 0 Å². The molecule has 1 fully saturated rings. The van der Waals surface area contributed by atoms with Crippen molar-refractivity contribution in [3.8, 4) is 17.2 Å². The second-order valence-electron chi connectivity index (χ2n) is 7.74. The van der Waals surface area contributed by atoms with Gasteiger partial charge in [0.05, 0.1) is 17.6 Å². The van der Waals surface area contributed by atoms with Gasteiger partial charge in [-0.15, -0.1) is 0 Å². The van der Waals surface area contributed by atoms with Gasteiger partial charge in [-0.05, 0) is 24.3 Å². The number of anilines is 1. The number of benzene rings is 2. The molecule has 2 aromatic carbocycles. The van der Waals surface area contributed by atoms with Gasteiger partial charge in [-0.25, -0.2) is 18.0 Å². The SMILES string of the molecule is CNC(=O)c1cc(Oc2ccc3c(c2)C2C(NC(=O)Nc4cc(F)c(F)cc4F)C2O3)ccn1. The third-order valence-electron chi connectivity index (χ3n) is 5.54. The largest absolute Gasteiger partial charge is 0.487 e. The number of carbonyl (C=O) groups is 2. The fraction of sp³-hybridized carbons (Fsp3) is 0.174. The lowest BCUT2D eigenvalue weighted by molar-refractivity contribution is 0.0957. The molecule has 1 aliphatic heterocycles. The number of amides is 3. The summed E-state index contributed by atoms with van der Waals surface area (Å²) in [6, 6.07) is 8.11. The average Bonchev–Trinajstić information content (AvgIpc) is 3.33. The van der Waals surface area contributed by atoms with Crippen LogP contribution in [0.15, 0.2) is 48.7 Å². The van der Waals surface area contributed by atoms with Crippen molar-refractivity contribution >= 4 is 17.6 Å². The highest BCUT2D eigenvalue weighted by Gasteiger charge is 2.59. The number of nitrogens with one attached hydrogen (secondary N) is 3. The van der Waals surface area contributed by atoms with Crippen LogP contribution < -0.4 is 25.4 Å². The summed E-state index contributed by atoms with van der Waals surface area (Å²) in [4.78, 5) is 28.0. The molecule has 0 saturated heterocycles. The van der Waals surface area contributed by atoms with Crippen LogP contribution in [0.3, 0.4) is 0 Å². The highest BCUT2D eigenvalue weighted by Crippen LogP contribution is 2.54. The smallest absolute Gasteiger partial charge is 0.319 e. The number of aromatic nitrogens is 1. The van der Waals surface area contributed by atoms with Crippen LogP contribution in [-0.4, -0.2) is 36.1 Å². The quantitative estimate of drug-likeness (QED) is 0.494. The molecule has 8 nitrogen and oxygen atoms in total. The zero-order valence-electron chi connectivity index (χ0n) is 17.6. The maximum Gasteiger partial charge on any atom is 0.319 e. The molecule has 11 heteroatoms. The maximum absolute atomic E-state index is 13.8. The third kappa shape index (κ3) is 3.96. The zero-order valence-corrected chi connectivity index (χ0v) is 17.6. The second kappa shape index (κ2) is 8.25. The predicted octanol–water partition coefficient (Wildman–Crippen LogP) is 3.70. The summed E-state index contributed by atoms with van der Waals surface area (Å²) in [6.07, 6.45) is 1.15. The highest BCUT2D eigenvalue weighted by molar-refractivity contribution is 5.92. The maximum atomic E-state index is 13.8. The first-order chi connectivity index (χ1) is 16.3. The Morgan fingerprint density at radius 3 is 2.56 bits per heavy atom. The summed E-state index contributed by atoms with van der Waals surface area (Å²) in [5, 5.41) is 7.32. The minimum absolute atomic E-state index is 0.155. The molecular formula is C23H17F3N4O4. The number of urea groups is 1. The Balaban J connectivity index is 1.25. The van der Waals surface area contributed by atoms with Gasteiger partial charge in [-0.1, -0.05) is 0 Å². The number of hydrogen-bond acceptors (Lipinski definition) is 5. The van der Waals surface area contributed by atoms with Crippen LogP contribution in [0.5, 0.6) is 17.2 Å². The van der Waals surface area contributed by atoms with Crippen molar-refractivity contribution in [3.05, 3.63) is 77.4 Å². The molecular weight excluding hydrogens is 453 g/mol. The molecule has 3 amide bonds. The number of hydrogen-bond donors (Lipinski definition) is 3. The van der Waals surface area contributed by atoms with Crippen molar-refractivity contribution < 1.29 is 32.2 Å².